The van der Waals surface area contributed by atoms with Gasteiger partial charge in [0.1, 0.15) is 10.8 Å². The fourth-order valence-corrected chi connectivity index (χ4v) is 1.76. The first-order chi connectivity index (χ1) is 8.29. The minimum absolute atomic E-state index is 0.155. The van der Waals surface area contributed by atoms with E-state index >= 15 is 0 Å². The molecule has 0 atom stereocenters. The molecular weight excluding hydrogens is 242 g/mol. The van der Waals surface area contributed by atoms with E-state index in [1.807, 2.05) is 5.43 Å². The predicted molar refractivity (Wildman–Crippen MR) is 59.7 cm³/mol. The number of nitrogens with two attached hydrogens (primary N) is 1. The van der Waals surface area contributed by atoms with Crippen LogP contribution in [0.5, 0.6) is 0 Å². The van der Waals surface area contributed by atoms with Crippen LogP contribution in [-0.2, 0) is 5.75 Å². The molecule has 2 heterocycles. The Hall–Kier alpha value is -1.93. The van der Waals surface area contributed by atoms with Gasteiger partial charge < -0.3 is 4.52 Å². The van der Waals surface area contributed by atoms with Gasteiger partial charge in [0.2, 0.25) is 0 Å². The summed E-state index contributed by atoms with van der Waals surface area (Å²) in [5.41, 5.74) is 2.13. The largest absolute Gasteiger partial charge is 0.360 e. The number of carbonyl (C=O) groups is 1. The van der Waals surface area contributed by atoms with Crippen LogP contribution in [0.2, 0.25) is 0 Å². The van der Waals surface area contributed by atoms with Gasteiger partial charge in [-0.15, -0.1) is 0 Å². The summed E-state index contributed by atoms with van der Waals surface area (Å²) in [6.07, 6.45) is 4.85. The number of thioether (sulfide) groups is 1. The van der Waals surface area contributed by atoms with Crippen molar-refractivity contribution in [1.82, 2.24) is 20.6 Å². The van der Waals surface area contributed by atoms with E-state index in [-0.39, 0.29) is 5.69 Å². The van der Waals surface area contributed by atoms with Gasteiger partial charge in [0, 0.05) is 18.5 Å². The summed E-state index contributed by atoms with van der Waals surface area (Å²) in [4.78, 5) is 19.1. The normalized spacial score (nSPS) is 10.2. The Morgan fingerprint density at radius 2 is 2.41 bits per heavy atom. The van der Waals surface area contributed by atoms with Crippen LogP contribution < -0.4 is 11.3 Å². The van der Waals surface area contributed by atoms with E-state index in [1.54, 1.807) is 18.6 Å². The maximum absolute atomic E-state index is 11.1. The van der Waals surface area contributed by atoms with Crippen LogP contribution in [-0.4, -0.2) is 21.0 Å². The second-order valence-electron chi connectivity index (χ2n) is 2.98. The van der Waals surface area contributed by atoms with Crippen LogP contribution in [0, 0.1) is 0 Å². The lowest BCUT2D eigenvalue weighted by molar-refractivity contribution is 0.0944. The third-order valence-corrected chi connectivity index (χ3v) is 2.76. The van der Waals surface area contributed by atoms with Gasteiger partial charge in [-0.05, 0) is 0 Å². The second-order valence-corrected chi connectivity index (χ2v) is 3.98. The van der Waals surface area contributed by atoms with Gasteiger partial charge >= 0.3 is 0 Å². The van der Waals surface area contributed by atoms with Crippen molar-refractivity contribution in [2.75, 3.05) is 0 Å². The maximum atomic E-state index is 11.1. The molecule has 1 amide bonds. The summed E-state index contributed by atoms with van der Waals surface area (Å²) in [7, 11) is 0. The quantitative estimate of drug-likeness (QED) is 0.349. The monoisotopic (exact) mass is 251 g/mol. The Morgan fingerprint density at radius 3 is 3.12 bits per heavy atom. The highest BCUT2D eigenvalue weighted by Crippen LogP contribution is 2.19. The average molecular weight is 251 g/mol. The number of amides is 1. The summed E-state index contributed by atoms with van der Waals surface area (Å²) >= 11 is 1.44. The van der Waals surface area contributed by atoms with Crippen molar-refractivity contribution >= 4 is 17.7 Å². The zero-order valence-electron chi connectivity index (χ0n) is 8.66. The maximum Gasteiger partial charge on any atom is 0.287 e. The lowest BCUT2D eigenvalue weighted by atomic mass is 10.4. The van der Waals surface area contributed by atoms with E-state index in [2.05, 4.69) is 15.1 Å². The second kappa shape index (κ2) is 5.41. The summed E-state index contributed by atoms with van der Waals surface area (Å²) < 4.78 is 4.97. The minimum atomic E-state index is -0.482. The molecule has 0 unspecified atom stereocenters. The van der Waals surface area contributed by atoms with Crippen molar-refractivity contribution in [1.29, 1.82) is 0 Å². The summed E-state index contributed by atoms with van der Waals surface area (Å²) in [5.74, 6) is 5.58. The van der Waals surface area contributed by atoms with Crippen LogP contribution in [0.3, 0.4) is 0 Å². The minimum Gasteiger partial charge on any atom is -0.360 e. The van der Waals surface area contributed by atoms with Gasteiger partial charge in [-0.25, -0.2) is 10.8 Å². The topological polar surface area (TPSA) is 107 Å². The molecule has 2 rings (SSSR count). The molecule has 0 spiro atoms. The van der Waals surface area contributed by atoms with Crippen molar-refractivity contribution in [3.05, 3.63) is 36.1 Å². The van der Waals surface area contributed by atoms with Crippen LogP contribution in [0.4, 0.5) is 0 Å². The lowest BCUT2D eigenvalue weighted by Crippen LogP contribution is -2.30. The molecule has 2 aromatic heterocycles. The number of aromatic nitrogens is 3. The standard InChI is InChI=1S/C9H9N5O2S/c10-13-9(15)7-3-6(16-14-7)5-17-8-4-11-1-2-12-8/h1-4H,5,10H2,(H,13,15). The number of hydrogen-bond donors (Lipinski definition) is 2. The Labute approximate surface area is 101 Å². The van der Waals surface area contributed by atoms with E-state index in [9.17, 15) is 4.79 Å². The number of nitrogens with zero attached hydrogens (tertiary/aromatic N) is 3. The molecule has 3 N–H and O–H groups in total. The highest BCUT2D eigenvalue weighted by Gasteiger charge is 2.11. The molecule has 7 nitrogen and oxygen atoms in total. The van der Waals surface area contributed by atoms with E-state index in [0.29, 0.717) is 11.5 Å². The van der Waals surface area contributed by atoms with Gasteiger partial charge in [0.15, 0.2) is 5.69 Å². The highest BCUT2D eigenvalue weighted by molar-refractivity contribution is 7.98. The lowest BCUT2D eigenvalue weighted by Gasteiger charge is -1.95. The molecule has 0 aliphatic heterocycles. The number of carbonyl (C=O) groups excluding carboxylic acids is 1. The zero-order chi connectivity index (χ0) is 12.1. The van der Waals surface area contributed by atoms with Gasteiger partial charge in [0.25, 0.3) is 5.91 Å². The number of rotatable bonds is 4. The summed E-state index contributed by atoms with van der Waals surface area (Å²) in [6, 6.07) is 1.53. The van der Waals surface area contributed by atoms with E-state index in [0.717, 1.165) is 5.03 Å². The predicted octanol–water partition coefficient (Wildman–Crippen LogP) is 0.360. The Balaban J connectivity index is 1.96. The van der Waals surface area contributed by atoms with Crippen molar-refractivity contribution < 1.29 is 9.32 Å². The summed E-state index contributed by atoms with van der Waals surface area (Å²) in [5, 5.41) is 4.35. The first-order valence-corrected chi connectivity index (χ1v) is 5.63. The molecule has 17 heavy (non-hydrogen) atoms. The van der Waals surface area contributed by atoms with Crippen LogP contribution in [0.15, 0.2) is 34.2 Å². The van der Waals surface area contributed by atoms with Crippen LogP contribution in [0.1, 0.15) is 16.2 Å². The van der Waals surface area contributed by atoms with Gasteiger partial charge in [-0.1, -0.05) is 16.9 Å². The molecule has 0 saturated heterocycles. The molecule has 0 saturated carbocycles. The number of nitrogens with one attached hydrogen (secondary N) is 1. The van der Waals surface area contributed by atoms with Gasteiger partial charge in [0.05, 0.1) is 11.9 Å². The van der Waals surface area contributed by atoms with Crippen LogP contribution in [0.25, 0.3) is 0 Å². The van der Waals surface area contributed by atoms with Crippen molar-refractivity contribution in [2.45, 2.75) is 10.8 Å². The molecule has 0 aromatic carbocycles. The number of hydrazine groups is 1. The van der Waals surface area contributed by atoms with Gasteiger partial charge in [-0.2, -0.15) is 0 Å². The molecule has 0 fully saturated rings. The molecule has 0 bridgehead atoms. The number of nitrogen functional groups attached to an aromatic ring is 1. The molecule has 8 heteroatoms. The fraction of sp³-hybridized carbons (Fsp3) is 0.111. The third-order valence-electron chi connectivity index (χ3n) is 1.82. The molecule has 0 aliphatic rings. The Kier molecular flexibility index (Phi) is 3.68. The Morgan fingerprint density at radius 1 is 1.53 bits per heavy atom. The molecule has 0 radical (unpaired) electrons. The first kappa shape index (κ1) is 11.6. The van der Waals surface area contributed by atoms with E-state index in [4.69, 9.17) is 10.4 Å². The molecule has 88 valence electrons. The fourth-order valence-electron chi connectivity index (χ4n) is 1.07. The highest BCUT2D eigenvalue weighted by atomic mass is 32.2. The SMILES string of the molecule is NNC(=O)c1cc(CSc2cnccn2)on1. The molecular formula is C9H9N5O2S. The summed E-state index contributed by atoms with van der Waals surface area (Å²) in [6.45, 7) is 0. The third kappa shape index (κ3) is 3.02. The zero-order valence-corrected chi connectivity index (χ0v) is 9.48. The van der Waals surface area contributed by atoms with Crippen molar-refractivity contribution in [3.8, 4) is 0 Å². The van der Waals surface area contributed by atoms with Crippen molar-refractivity contribution in [3.63, 3.8) is 0 Å². The van der Waals surface area contributed by atoms with E-state index in [1.165, 1.54) is 17.8 Å². The first-order valence-electron chi connectivity index (χ1n) is 4.65. The van der Waals surface area contributed by atoms with E-state index < -0.39 is 5.91 Å². The molecule has 2 aromatic rings. The smallest absolute Gasteiger partial charge is 0.287 e. The van der Waals surface area contributed by atoms with Gasteiger partial charge in [-0.3, -0.25) is 15.2 Å². The van der Waals surface area contributed by atoms with Crippen LogP contribution >= 0.6 is 11.8 Å². The van der Waals surface area contributed by atoms with Crippen molar-refractivity contribution in [2.24, 2.45) is 5.84 Å². The Bertz CT molecular complexity index is 501. The average Bonchev–Trinajstić information content (AvgIpc) is 2.85. The molecule has 0 aliphatic carbocycles. The number of hydrogen-bond acceptors (Lipinski definition) is 7.